The number of aliphatic hydroxyl groups is 1. The summed E-state index contributed by atoms with van der Waals surface area (Å²) < 4.78 is 1.61. The highest BCUT2D eigenvalue weighted by molar-refractivity contribution is 7.08. The van der Waals surface area contributed by atoms with Gasteiger partial charge < -0.3 is 10.4 Å². The Morgan fingerprint density at radius 1 is 1.61 bits per heavy atom. The summed E-state index contributed by atoms with van der Waals surface area (Å²) in [7, 11) is 0. The molecule has 2 aromatic rings. The summed E-state index contributed by atoms with van der Waals surface area (Å²) in [5.41, 5.74) is -0.129. The van der Waals surface area contributed by atoms with Gasteiger partial charge in [-0.05, 0) is 43.2 Å². The third-order valence-electron chi connectivity index (χ3n) is 3.35. The van der Waals surface area contributed by atoms with E-state index in [4.69, 9.17) is 5.26 Å². The van der Waals surface area contributed by atoms with Crippen molar-refractivity contribution in [2.45, 2.75) is 32.4 Å². The Balaban J connectivity index is 1.99. The topological polar surface area (TPSA) is 103 Å². The SMILES string of the molecule is CC(C)n1cc(C#N)c(NC(=O)NCC(C)(O)c2ccsc2)n1. The van der Waals surface area contributed by atoms with E-state index in [2.05, 4.69) is 15.7 Å². The molecule has 122 valence electrons. The van der Waals surface area contributed by atoms with Crippen molar-refractivity contribution < 1.29 is 9.90 Å². The lowest BCUT2D eigenvalue weighted by Crippen LogP contribution is -2.40. The summed E-state index contributed by atoms with van der Waals surface area (Å²) in [5.74, 6) is 0.203. The van der Waals surface area contributed by atoms with Gasteiger partial charge in [-0.3, -0.25) is 10.00 Å². The van der Waals surface area contributed by atoms with Crippen molar-refractivity contribution in [1.29, 1.82) is 5.26 Å². The van der Waals surface area contributed by atoms with Gasteiger partial charge in [0, 0.05) is 12.2 Å². The molecule has 2 heterocycles. The zero-order valence-corrected chi connectivity index (χ0v) is 14.0. The summed E-state index contributed by atoms with van der Waals surface area (Å²) in [6.07, 6.45) is 1.59. The number of hydrogen-bond donors (Lipinski definition) is 3. The molecular weight excluding hydrogens is 314 g/mol. The third-order valence-corrected chi connectivity index (χ3v) is 4.03. The Bertz CT molecular complexity index is 713. The molecule has 0 aromatic carbocycles. The molecule has 2 aromatic heterocycles. The Morgan fingerprint density at radius 3 is 2.91 bits per heavy atom. The normalized spacial score (nSPS) is 13.4. The van der Waals surface area contributed by atoms with Gasteiger partial charge >= 0.3 is 6.03 Å². The molecule has 8 heteroatoms. The van der Waals surface area contributed by atoms with Gasteiger partial charge in [0.15, 0.2) is 5.82 Å². The van der Waals surface area contributed by atoms with Gasteiger partial charge in [-0.2, -0.15) is 21.7 Å². The van der Waals surface area contributed by atoms with E-state index < -0.39 is 11.6 Å². The second-order valence-corrected chi connectivity index (χ2v) is 6.45. The summed E-state index contributed by atoms with van der Waals surface area (Å²) in [6, 6.07) is 3.37. The molecule has 1 atom stereocenters. The molecule has 3 N–H and O–H groups in total. The average molecular weight is 333 g/mol. The minimum absolute atomic E-state index is 0.0440. The summed E-state index contributed by atoms with van der Waals surface area (Å²) >= 11 is 1.48. The standard InChI is InChI=1S/C15H19N5O2S/c1-10(2)20-7-11(6-16)13(19-20)18-14(21)17-9-15(3,22)12-4-5-23-8-12/h4-5,7-8,10,22H,9H2,1-3H3,(H2,17,18,19,21). The molecule has 0 aliphatic rings. The number of carbonyl (C=O) groups is 1. The maximum Gasteiger partial charge on any atom is 0.320 e. The quantitative estimate of drug-likeness (QED) is 0.782. The van der Waals surface area contributed by atoms with Crippen LogP contribution in [-0.2, 0) is 5.60 Å². The van der Waals surface area contributed by atoms with Crippen molar-refractivity contribution in [1.82, 2.24) is 15.1 Å². The fourth-order valence-electron chi connectivity index (χ4n) is 1.91. The first-order chi connectivity index (χ1) is 10.8. The zero-order chi connectivity index (χ0) is 17.0. The smallest absolute Gasteiger partial charge is 0.320 e. The Morgan fingerprint density at radius 2 is 2.35 bits per heavy atom. The lowest BCUT2D eigenvalue weighted by molar-refractivity contribution is 0.0604. The number of carbonyl (C=O) groups excluding carboxylic acids is 1. The molecule has 0 radical (unpaired) electrons. The second kappa shape index (κ2) is 6.81. The molecule has 0 fully saturated rings. The molecule has 0 saturated carbocycles. The van der Waals surface area contributed by atoms with Gasteiger partial charge in [0.2, 0.25) is 0 Å². The highest BCUT2D eigenvalue weighted by Gasteiger charge is 2.24. The maximum atomic E-state index is 12.0. The second-order valence-electron chi connectivity index (χ2n) is 5.67. The zero-order valence-electron chi connectivity index (χ0n) is 13.2. The Labute approximate surface area is 138 Å². The van der Waals surface area contributed by atoms with Crippen LogP contribution in [0, 0.1) is 11.3 Å². The minimum Gasteiger partial charge on any atom is -0.384 e. The van der Waals surface area contributed by atoms with Crippen molar-refractivity contribution in [2.24, 2.45) is 0 Å². The predicted octanol–water partition coefficient (Wildman–Crippen LogP) is 2.43. The lowest BCUT2D eigenvalue weighted by atomic mass is 9.99. The Hall–Kier alpha value is -2.37. The van der Waals surface area contributed by atoms with E-state index in [0.29, 0.717) is 5.56 Å². The number of thiophene rings is 1. The predicted molar refractivity (Wildman–Crippen MR) is 88.2 cm³/mol. The van der Waals surface area contributed by atoms with Crippen molar-refractivity contribution in [3.63, 3.8) is 0 Å². The van der Waals surface area contributed by atoms with Crippen LogP contribution in [-0.4, -0.2) is 27.5 Å². The van der Waals surface area contributed by atoms with Crippen LogP contribution in [0.2, 0.25) is 0 Å². The van der Waals surface area contributed by atoms with Crippen LogP contribution in [0.25, 0.3) is 0 Å². The highest BCUT2D eigenvalue weighted by atomic mass is 32.1. The first kappa shape index (κ1) is 17.0. The maximum absolute atomic E-state index is 12.0. The number of aromatic nitrogens is 2. The van der Waals surface area contributed by atoms with Crippen LogP contribution in [0.4, 0.5) is 10.6 Å². The minimum atomic E-state index is -1.16. The van der Waals surface area contributed by atoms with E-state index >= 15 is 0 Å². The first-order valence-electron chi connectivity index (χ1n) is 7.12. The van der Waals surface area contributed by atoms with Crippen LogP contribution in [0.5, 0.6) is 0 Å². The number of rotatable bonds is 5. The molecule has 0 aliphatic carbocycles. The first-order valence-corrected chi connectivity index (χ1v) is 8.07. The summed E-state index contributed by atoms with van der Waals surface area (Å²) in [6.45, 7) is 5.53. The van der Waals surface area contributed by atoms with E-state index in [1.807, 2.05) is 36.7 Å². The number of amides is 2. The molecule has 0 aliphatic heterocycles. The number of nitriles is 1. The number of hydrogen-bond acceptors (Lipinski definition) is 5. The summed E-state index contributed by atoms with van der Waals surface area (Å²) in [5, 5.41) is 32.5. The fourth-order valence-corrected chi connectivity index (χ4v) is 2.69. The number of anilines is 1. The van der Waals surface area contributed by atoms with Crippen LogP contribution in [0.15, 0.2) is 23.0 Å². The molecule has 2 amide bonds. The van der Waals surface area contributed by atoms with Crippen LogP contribution < -0.4 is 10.6 Å². The molecule has 1 unspecified atom stereocenters. The highest BCUT2D eigenvalue weighted by Crippen LogP contribution is 2.22. The molecule has 0 saturated heterocycles. The van der Waals surface area contributed by atoms with E-state index in [1.54, 1.807) is 17.8 Å². The molecule has 23 heavy (non-hydrogen) atoms. The van der Waals surface area contributed by atoms with Crippen LogP contribution in [0.1, 0.15) is 37.9 Å². The van der Waals surface area contributed by atoms with Crippen molar-refractivity contribution in [3.8, 4) is 6.07 Å². The molecule has 7 nitrogen and oxygen atoms in total. The van der Waals surface area contributed by atoms with Crippen molar-refractivity contribution in [3.05, 3.63) is 34.2 Å². The van der Waals surface area contributed by atoms with E-state index in [9.17, 15) is 9.90 Å². The molecule has 0 spiro atoms. The molecule has 0 bridgehead atoms. The number of nitrogens with zero attached hydrogens (tertiary/aromatic N) is 3. The summed E-state index contributed by atoms with van der Waals surface area (Å²) in [4.78, 5) is 12.0. The monoisotopic (exact) mass is 333 g/mol. The largest absolute Gasteiger partial charge is 0.384 e. The third kappa shape index (κ3) is 4.09. The van der Waals surface area contributed by atoms with Crippen molar-refractivity contribution >= 4 is 23.2 Å². The van der Waals surface area contributed by atoms with Crippen LogP contribution in [0.3, 0.4) is 0 Å². The average Bonchev–Trinajstić information content (AvgIpc) is 3.15. The Kier molecular flexibility index (Phi) is 5.03. The molecule has 2 rings (SSSR count). The van der Waals surface area contributed by atoms with E-state index in [-0.39, 0.29) is 18.4 Å². The number of urea groups is 1. The molecular formula is C15H19N5O2S. The van der Waals surface area contributed by atoms with Crippen LogP contribution >= 0.6 is 11.3 Å². The van der Waals surface area contributed by atoms with Gasteiger partial charge in [0.25, 0.3) is 0 Å². The van der Waals surface area contributed by atoms with E-state index in [0.717, 1.165) is 5.56 Å². The van der Waals surface area contributed by atoms with E-state index in [1.165, 1.54) is 11.3 Å². The van der Waals surface area contributed by atoms with Gasteiger partial charge in [-0.15, -0.1) is 0 Å². The fraction of sp³-hybridized carbons (Fsp3) is 0.400. The van der Waals surface area contributed by atoms with Gasteiger partial charge in [-0.25, -0.2) is 4.79 Å². The van der Waals surface area contributed by atoms with Gasteiger partial charge in [0.1, 0.15) is 17.2 Å². The van der Waals surface area contributed by atoms with Gasteiger partial charge in [0.05, 0.1) is 6.54 Å². The lowest BCUT2D eigenvalue weighted by Gasteiger charge is -2.22. The van der Waals surface area contributed by atoms with Crippen molar-refractivity contribution in [2.75, 3.05) is 11.9 Å². The number of nitrogens with one attached hydrogen (secondary N) is 2. The van der Waals surface area contributed by atoms with Gasteiger partial charge in [-0.1, -0.05) is 0 Å².